The molecule has 0 fully saturated rings. The molecule has 0 unspecified atom stereocenters. The number of carbonyl (C=O) groups is 2. The second-order valence-corrected chi connectivity index (χ2v) is 12.2. The van der Waals surface area contributed by atoms with Crippen LogP contribution < -0.4 is 20.7 Å². The highest BCUT2D eigenvalue weighted by Gasteiger charge is 2.20. The molecule has 3 aromatic rings. The summed E-state index contributed by atoms with van der Waals surface area (Å²) >= 11 is 5.89. The van der Waals surface area contributed by atoms with Crippen molar-refractivity contribution in [3.8, 4) is 5.75 Å². The van der Waals surface area contributed by atoms with Gasteiger partial charge in [0.15, 0.2) is 9.84 Å². The predicted octanol–water partition coefficient (Wildman–Crippen LogP) is 5.75. The third-order valence-corrected chi connectivity index (χ3v) is 7.89. The van der Waals surface area contributed by atoms with Crippen LogP contribution in [-0.4, -0.2) is 52.2 Å². The Kier molecular flexibility index (Phi) is 12.1. The van der Waals surface area contributed by atoms with E-state index >= 15 is 0 Å². The highest BCUT2D eigenvalue weighted by atomic mass is 35.5. The zero-order chi connectivity index (χ0) is 29.8. The Hall–Kier alpha value is -3.47. The number of anilines is 2. The molecular formula is C30H37ClN4O5S. The molecule has 1 heterocycles. The number of rotatable bonds is 15. The molecule has 1 aromatic heterocycles. The molecule has 0 saturated carbocycles. The summed E-state index contributed by atoms with van der Waals surface area (Å²) in [6.45, 7) is 1.01. The molecule has 2 amide bonds. The Bertz CT molecular complexity index is 1450. The van der Waals surface area contributed by atoms with E-state index in [0.717, 1.165) is 51.3 Å². The zero-order valence-corrected chi connectivity index (χ0v) is 25.2. The fourth-order valence-corrected chi connectivity index (χ4v) is 5.11. The Balaban J connectivity index is 1.80. The Morgan fingerprint density at radius 2 is 1.59 bits per heavy atom. The zero-order valence-electron chi connectivity index (χ0n) is 23.6. The summed E-state index contributed by atoms with van der Waals surface area (Å²) < 4.78 is 29.8. The van der Waals surface area contributed by atoms with Gasteiger partial charge in [-0.15, -0.1) is 0 Å². The van der Waals surface area contributed by atoms with Gasteiger partial charge in [0.2, 0.25) is 0 Å². The number of amides is 2. The number of hydrogen-bond acceptors (Lipinski definition) is 7. The lowest BCUT2D eigenvalue weighted by atomic mass is 9.99. The van der Waals surface area contributed by atoms with Crippen molar-refractivity contribution < 1.29 is 22.7 Å². The third kappa shape index (κ3) is 9.84. The quantitative estimate of drug-likeness (QED) is 0.189. The number of methoxy groups -OCH3 is 1. The average molecular weight is 601 g/mol. The number of carbonyl (C=O) groups excluding carboxylic acids is 2. The van der Waals surface area contributed by atoms with Crippen molar-refractivity contribution in [3.05, 3.63) is 76.4 Å². The highest BCUT2D eigenvalue weighted by Crippen LogP contribution is 2.26. The minimum atomic E-state index is -3.45. The molecule has 0 bridgehead atoms. The summed E-state index contributed by atoms with van der Waals surface area (Å²) in [7, 11) is -0.0255. The maximum absolute atomic E-state index is 13.5. The smallest absolute Gasteiger partial charge is 0.259 e. The summed E-state index contributed by atoms with van der Waals surface area (Å²) in [4.78, 5) is 30.9. The van der Waals surface area contributed by atoms with Crippen LogP contribution in [0.2, 0.25) is 5.02 Å². The van der Waals surface area contributed by atoms with E-state index in [9.17, 15) is 18.0 Å². The van der Waals surface area contributed by atoms with E-state index in [-0.39, 0.29) is 16.1 Å². The van der Waals surface area contributed by atoms with Gasteiger partial charge < -0.3 is 20.7 Å². The molecule has 3 N–H and O–H groups in total. The summed E-state index contributed by atoms with van der Waals surface area (Å²) in [6, 6.07) is 12.4. The predicted molar refractivity (Wildman–Crippen MR) is 163 cm³/mol. The first kappa shape index (κ1) is 32.0. The molecule has 9 nitrogen and oxygen atoms in total. The molecule has 0 aliphatic carbocycles. The van der Waals surface area contributed by atoms with Gasteiger partial charge in [0.05, 0.1) is 28.3 Å². The van der Waals surface area contributed by atoms with Crippen LogP contribution in [0.5, 0.6) is 5.75 Å². The van der Waals surface area contributed by atoms with Crippen LogP contribution in [-0.2, 0) is 16.3 Å². The van der Waals surface area contributed by atoms with Gasteiger partial charge in [-0.05, 0) is 86.9 Å². The van der Waals surface area contributed by atoms with Crippen molar-refractivity contribution in [1.29, 1.82) is 0 Å². The third-order valence-electron chi connectivity index (χ3n) is 6.56. The minimum absolute atomic E-state index is 0.163. The second-order valence-electron chi connectivity index (χ2n) is 9.75. The van der Waals surface area contributed by atoms with E-state index in [1.807, 2.05) is 7.05 Å². The van der Waals surface area contributed by atoms with Crippen LogP contribution in [0.3, 0.4) is 0 Å². The number of nitrogens with zero attached hydrogens (tertiary/aromatic N) is 1. The van der Waals surface area contributed by atoms with Crippen molar-refractivity contribution in [2.45, 2.75) is 49.8 Å². The van der Waals surface area contributed by atoms with Crippen LogP contribution in [0.1, 0.15) is 64.8 Å². The highest BCUT2D eigenvalue weighted by molar-refractivity contribution is 7.90. The van der Waals surface area contributed by atoms with Gasteiger partial charge in [-0.25, -0.2) is 13.4 Å². The standard InChI is InChI=1S/C30H37ClN4O5S/c1-32-17-9-7-5-4-6-8-10-21-18-24(41(3,38)39)13-14-25(21)29(36)34-27-15-12-23(40-2)19-26(27)30(37)35-28-16-11-22(31)20-33-28/h11-16,18-20,32H,4-10,17H2,1-3H3,(H,34,36)(H,33,35,37). The molecule has 11 heteroatoms. The largest absolute Gasteiger partial charge is 0.497 e. The van der Waals surface area contributed by atoms with E-state index < -0.39 is 21.7 Å². The van der Waals surface area contributed by atoms with Crippen molar-refractivity contribution in [2.75, 3.05) is 37.6 Å². The summed E-state index contributed by atoms with van der Waals surface area (Å²) in [6.07, 6.45) is 9.42. The van der Waals surface area contributed by atoms with Gasteiger partial charge in [-0.3, -0.25) is 9.59 Å². The van der Waals surface area contributed by atoms with Gasteiger partial charge in [0.25, 0.3) is 11.8 Å². The van der Waals surface area contributed by atoms with Crippen molar-refractivity contribution >= 4 is 44.8 Å². The molecule has 0 aliphatic heterocycles. The monoisotopic (exact) mass is 600 g/mol. The van der Waals surface area contributed by atoms with Crippen LogP contribution >= 0.6 is 11.6 Å². The number of nitrogens with one attached hydrogen (secondary N) is 3. The van der Waals surface area contributed by atoms with Crippen molar-refractivity contribution in [3.63, 3.8) is 0 Å². The second kappa shape index (κ2) is 15.5. The minimum Gasteiger partial charge on any atom is -0.497 e. The van der Waals surface area contributed by atoms with E-state index in [2.05, 4.69) is 20.9 Å². The first-order chi connectivity index (χ1) is 19.6. The van der Waals surface area contributed by atoms with Crippen molar-refractivity contribution in [1.82, 2.24) is 10.3 Å². The number of benzene rings is 2. The number of unbranched alkanes of at least 4 members (excludes halogenated alkanes) is 5. The number of aromatic nitrogens is 1. The summed E-state index contributed by atoms with van der Waals surface area (Å²) in [5.41, 5.74) is 1.43. The maximum atomic E-state index is 13.5. The first-order valence-corrected chi connectivity index (χ1v) is 15.8. The lowest BCUT2D eigenvalue weighted by Crippen LogP contribution is -2.20. The molecule has 0 saturated heterocycles. The SMILES string of the molecule is CNCCCCCCCCc1cc(S(C)(=O)=O)ccc1C(=O)Nc1ccc(OC)cc1C(=O)Nc1ccc(Cl)cn1. The number of sulfone groups is 1. The Morgan fingerprint density at radius 3 is 2.24 bits per heavy atom. The Morgan fingerprint density at radius 1 is 0.878 bits per heavy atom. The molecule has 3 rings (SSSR count). The maximum Gasteiger partial charge on any atom is 0.259 e. The number of aryl methyl sites for hydroxylation is 1. The van der Waals surface area contributed by atoms with Gasteiger partial charge in [-0.1, -0.05) is 37.3 Å². The molecule has 2 aromatic carbocycles. The molecule has 0 aliphatic rings. The number of halogens is 1. The lowest BCUT2D eigenvalue weighted by molar-refractivity contribution is 0.102. The van der Waals surface area contributed by atoms with Gasteiger partial charge in [0, 0.05) is 18.0 Å². The fraction of sp³-hybridized carbons (Fsp3) is 0.367. The van der Waals surface area contributed by atoms with Crippen LogP contribution in [0.25, 0.3) is 0 Å². The lowest BCUT2D eigenvalue weighted by Gasteiger charge is -2.15. The van der Waals surface area contributed by atoms with Gasteiger partial charge >= 0.3 is 0 Å². The number of hydrogen-bond donors (Lipinski definition) is 3. The van der Waals surface area contributed by atoms with Crippen molar-refractivity contribution in [2.24, 2.45) is 0 Å². The van der Waals surface area contributed by atoms with Gasteiger partial charge in [-0.2, -0.15) is 0 Å². The fourth-order valence-electron chi connectivity index (χ4n) is 4.32. The normalized spacial score (nSPS) is 11.2. The van der Waals surface area contributed by atoms with Crippen LogP contribution in [0, 0.1) is 0 Å². The summed E-state index contributed by atoms with van der Waals surface area (Å²) in [5.74, 6) is -0.228. The van der Waals surface area contributed by atoms with E-state index in [4.69, 9.17) is 16.3 Å². The van der Waals surface area contributed by atoms with E-state index in [0.29, 0.717) is 34.1 Å². The topological polar surface area (TPSA) is 126 Å². The molecule has 41 heavy (non-hydrogen) atoms. The van der Waals surface area contributed by atoms with Gasteiger partial charge in [0.1, 0.15) is 11.6 Å². The molecule has 0 atom stereocenters. The molecular weight excluding hydrogens is 564 g/mol. The summed E-state index contributed by atoms with van der Waals surface area (Å²) in [5, 5.41) is 9.10. The Labute approximate surface area is 247 Å². The number of ether oxygens (including phenoxy) is 1. The van der Waals surface area contributed by atoms with Crippen LogP contribution in [0.15, 0.2) is 59.6 Å². The number of pyridine rings is 1. The molecule has 0 spiro atoms. The average Bonchev–Trinajstić information content (AvgIpc) is 2.95. The molecule has 220 valence electrons. The van der Waals surface area contributed by atoms with E-state index in [1.54, 1.807) is 30.3 Å². The first-order valence-electron chi connectivity index (χ1n) is 13.5. The molecule has 0 radical (unpaired) electrons. The van der Waals surface area contributed by atoms with Crippen LogP contribution in [0.4, 0.5) is 11.5 Å². The van der Waals surface area contributed by atoms with E-state index in [1.165, 1.54) is 31.5 Å².